The first kappa shape index (κ1) is 8.34. The van der Waals surface area contributed by atoms with E-state index in [1.807, 2.05) is 26.8 Å². The van der Waals surface area contributed by atoms with Crippen molar-refractivity contribution in [2.75, 3.05) is 0 Å². The number of hydrogen-bond acceptors (Lipinski definition) is 2. The summed E-state index contributed by atoms with van der Waals surface area (Å²) in [5, 5.41) is 9.55. The molecule has 1 N–H and O–H groups in total. The number of hydrogen-bond donors (Lipinski definition) is 1. The van der Waals surface area contributed by atoms with Crippen molar-refractivity contribution in [3.05, 3.63) is 23.7 Å². The van der Waals surface area contributed by atoms with Gasteiger partial charge in [0.25, 0.3) is 0 Å². The molecule has 0 aliphatic heterocycles. The normalized spacial score (nSPS) is 13.9. The average Bonchev–Trinajstić information content (AvgIpc) is 2.34. The Bertz CT molecular complexity index is 225. The van der Waals surface area contributed by atoms with Crippen LogP contribution in [0.1, 0.15) is 31.3 Å². The van der Waals surface area contributed by atoms with E-state index in [0.29, 0.717) is 0 Å². The minimum atomic E-state index is -0.396. The van der Waals surface area contributed by atoms with E-state index in [-0.39, 0.29) is 5.92 Å². The second-order valence-electron chi connectivity index (χ2n) is 3.18. The van der Waals surface area contributed by atoms with Crippen molar-refractivity contribution >= 4 is 0 Å². The summed E-state index contributed by atoms with van der Waals surface area (Å²) in [4.78, 5) is 0. The maximum Gasteiger partial charge on any atom is 0.101 e. The highest BCUT2D eigenvalue weighted by Crippen LogP contribution is 2.22. The van der Waals surface area contributed by atoms with Crippen molar-refractivity contribution in [1.29, 1.82) is 0 Å². The largest absolute Gasteiger partial charge is 0.469 e. The lowest BCUT2D eigenvalue weighted by Crippen LogP contribution is -2.03. The minimum Gasteiger partial charge on any atom is -0.469 e. The van der Waals surface area contributed by atoms with E-state index in [2.05, 4.69) is 0 Å². The van der Waals surface area contributed by atoms with Crippen LogP contribution in [0.4, 0.5) is 0 Å². The third-order valence-corrected chi connectivity index (χ3v) is 1.72. The molecule has 1 atom stereocenters. The van der Waals surface area contributed by atoms with Gasteiger partial charge in [-0.2, -0.15) is 0 Å². The third-order valence-electron chi connectivity index (χ3n) is 1.72. The van der Waals surface area contributed by atoms with Crippen molar-refractivity contribution in [3.63, 3.8) is 0 Å². The van der Waals surface area contributed by atoms with E-state index in [9.17, 15) is 5.11 Å². The standard InChI is InChI=1S/C9H14O2/c1-6(2)9(10)8-4-7(3)11-5-8/h4-6,9-10H,1-3H3. The maximum atomic E-state index is 9.55. The first-order valence-electron chi connectivity index (χ1n) is 3.84. The monoisotopic (exact) mass is 154 g/mol. The number of aliphatic hydroxyl groups is 1. The highest BCUT2D eigenvalue weighted by atomic mass is 16.3. The van der Waals surface area contributed by atoms with Crippen LogP contribution in [0, 0.1) is 12.8 Å². The molecule has 0 aromatic carbocycles. The molecule has 0 bridgehead atoms. The summed E-state index contributed by atoms with van der Waals surface area (Å²) >= 11 is 0. The number of aryl methyl sites for hydroxylation is 1. The molecular formula is C9H14O2. The van der Waals surface area contributed by atoms with Crippen molar-refractivity contribution in [2.24, 2.45) is 5.92 Å². The fourth-order valence-electron chi connectivity index (χ4n) is 1.00. The van der Waals surface area contributed by atoms with Crippen LogP contribution in [0.2, 0.25) is 0 Å². The second kappa shape index (κ2) is 3.09. The first-order valence-corrected chi connectivity index (χ1v) is 3.84. The molecular weight excluding hydrogens is 140 g/mol. The topological polar surface area (TPSA) is 33.4 Å². The molecule has 2 heteroatoms. The zero-order valence-electron chi connectivity index (χ0n) is 7.16. The average molecular weight is 154 g/mol. The Morgan fingerprint density at radius 2 is 2.09 bits per heavy atom. The Labute approximate surface area is 66.8 Å². The van der Waals surface area contributed by atoms with Crippen LogP contribution in [0.15, 0.2) is 16.7 Å². The quantitative estimate of drug-likeness (QED) is 0.709. The summed E-state index contributed by atoms with van der Waals surface area (Å²) < 4.78 is 5.08. The number of rotatable bonds is 2. The molecule has 1 rings (SSSR count). The smallest absolute Gasteiger partial charge is 0.101 e. The molecule has 1 heterocycles. The maximum absolute atomic E-state index is 9.55. The summed E-state index contributed by atoms with van der Waals surface area (Å²) in [7, 11) is 0. The molecule has 11 heavy (non-hydrogen) atoms. The molecule has 0 radical (unpaired) electrons. The summed E-state index contributed by atoms with van der Waals surface area (Å²) in [5.74, 6) is 1.09. The Kier molecular flexibility index (Phi) is 2.35. The van der Waals surface area contributed by atoms with E-state index in [0.717, 1.165) is 11.3 Å². The van der Waals surface area contributed by atoms with Gasteiger partial charge in [-0.15, -0.1) is 0 Å². The summed E-state index contributed by atoms with van der Waals surface area (Å²) in [5.41, 5.74) is 0.873. The van der Waals surface area contributed by atoms with Crippen LogP contribution in [-0.2, 0) is 0 Å². The zero-order valence-corrected chi connectivity index (χ0v) is 7.16. The van der Waals surface area contributed by atoms with Gasteiger partial charge in [-0.05, 0) is 18.9 Å². The van der Waals surface area contributed by atoms with Gasteiger partial charge in [0.15, 0.2) is 0 Å². The molecule has 2 nitrogen and oxygen atoms in total. The van der Waals surface area contributed by atoms with Crippen molar-refractivity contribution in [2.45, 2.75) is 26.9 Å². The van der Waals surface area contributed by atoms with Gasteiger partial charge in [0.1, 0.15) is 5.76 Å². The summed E-state index contributed by atoms with van der Waals surface area (Å²) in [6.07, 6.45) is 1.22. The van der Waals surface area contributed by atoms with E-state index in [1.54, 1.807) is 6.26 Å². The highest BCUT2D eigenvalue weighted by molar-refractivity contribution is 5.14. The van der Waals surface area contributed by atoms with Crippen molar-refractivity contribution in [1.82, 2.24) is 0 Å². The van der Waals surface area contributed by atoms with Crippen LogP contribution in [-0.4, -0.2) is 5.11 Å². The number of furan rings is 1. The molecule has 0 aliphatic rings. The zero-order chi connectivity index (χ0) is 8.43. The van der Waals surface area contributed by atoms with Gasteiger partial charge in [0.2, 0.25) is 0 Å². The molecule has 1 unspecified atom stereocenters. The Hall–Kier alpha value is -0.760. The van der Waals surface area contributed by atoms with Gasteiger partial charge in [0, 0.05) is 5.56 Å². The second-order valence-corrected chi connectivity index (χ2v) is 3.18. The lowest BCUT2D eigenvalue weighted by atomic mass is 10.0. The van der Waals surface area contributed by atoms with E-state index in [1.165, 1.54) is 0 Å². The molecule has 1 aromatic rings. The van der Waals surface area contributed by atoms with Crippen molar-refractivity contribution in [3.8, 4) is 0 Å². The predicted octanol–water partition coefficient (Wildman–Crippen LogP) is 2.28. The summed E-state index contributed by atoms with van der Waals surface area (Å²) in [6, 6.07) is 1.87. The predicted molar refractivity (Wildman–Crippen MR) is 43.2 cm³/mol. The Morgan fingerprint density at radius 3 is 2.45 bits per heavy atom. The lowest BCUT2D eigenvalue weighted by Gasteiger charge is -2.10. The third kappa shape index (κ3) is 1.84. The van der Waals surface area contributed by atoms with Gasteiger partial charge in [-0.1, -0.05) is 13.8 Å². The van der Waals surface area contributed by atoms with E-state index in [4.69, 9.17) is 4.42 Å². The Balaban J connectivity index is 2.76. The van der Waals surface area contributed by atoms with E-state index >= 15 is 0 Å². The SMILES string of the molecule is Cc1cc(C(O)C(C)C)co1. The number of aliphatic hydroxyl groups excluding tert-OH is 1. The van der Waals surface area contributed by atoms with Crippen molar-refractivity contribution < 1.29 is 9.52 Å². The van der Waals surface area contributed by atoms with Gasteiger partial charge >= 0.3 is 0 Å². The molecule has 0 fully saturated rings. The molecule has 0 amide bonds. The van der Waals surface area contributed by atoms with Crippen LogP contribution in [0.25, 0.3) is 0 Å². The Morgan fingerprint density at radius 1 is 1.45 bits per heavy atom. The van der Waals surface area contributed by atoms with Gasteiger partial charge in [-0.3, -0.25) is 0 Å². The molecule has 0 saturated carbocycles. The van der Waals surface area contributed by atoms with Crippen LogP contribution in [0.5, 0.6) is 0 Å². The van der Waals surface area contributed by atoms with Crippen LogP contribution >= 0.6 is 0 Å². The van der Waals surface area contributed by atoms with E-state index < -0.39 is 6.10 Å². The van der Waals surface area contributed by atoms with Gasteiger partial charge in [-0.25, -0.2) is 0 Å². The fourth-order valence-corrected chi connectivity index (χ4v) is 1.00. The highest BCUT2D eigenvalue weighted by Gasteiger charge is 2.13. The minimum absolute atomic E-state index is 0.243. The van der Waals surface area contributed by atoms with Crippen LogP contribution in [0.3, 0.4) is 0 Å². The summed E-state index contributed by atoms with van der Waals surface area (Å²) in [6.45, 7) is 5.83. The molecule has 62 valence electrons. The molecule has 0 aliphatic carbocycles. The lowest BCUT2D eigenvalue weighted by molar-refractivity contribution is 0.126. The van der Waals surface area contributed by atoms with Crippen LogP contribution < -0.4 is 0 Å². The molecule has 0 spiro atoms. The molecule has 1 aromatic heterocycles. The first-order chi connectivity index (χ1) is 5.11. The fraction of sp³-hybridized carbons (Fsp3) is 0.556. The molecule has 0 saturated heterocycles. The van der Waals surface area contributed by atoms with Gasteiger partial charge < -0.3 is 9.52 Å². The van der Waals surface area contributed by atoms with Gasteiger partial charge in [0.05, 0.1) is 12.4 Å².